The summed E-state index contributed by atoms with van der Waals surface area (Å²) in [5.41, 5.74) is 0.923. The van der Waals surface area contributed by atoms with E-state index >= 15 is 0 Å². The minimum absolute atomic E-state index is 0.0699. The van der Waals surface area contributed by atoms with E-state index in [-0.39, 0.29) is 24.2 Å². The van der Waals surface area contributed by atoms with E-state index in [4.69, 9.17) is 6.42 Å². The van der Waals surface area contributed by atoms with Gasteiger partial charge in [0.05, 0.1) is 5.92 Å². The fourth-order valence-corrected chi connectivity index (χ4v) is 2.36. The predicted molar refractivity (Wildman–Crippen MR) is 73.2 cm³/mol. The van der Waals surface area contributed by atoms with Crippen molar-refractivity contribution in [1.29, 1.82) is 0 Å². The molecule has 0 spiro atoms. The van der Waals surface area contributed by atoms with Crippen LogP contribution in [0.15, 0.2) is 30.3 Å². The minimum atomic E-state index is -0.304. The van der Waals surface area contributed by atoms with E-state index < -0.39 is 0 Å². The van der Waals surface area contributed by atoms with E-state index in [0.29, 0.717) is 13.0 Å². The highest BCUT2D eigenvalue weighted by molar-refractivity contribution is 6.06. The lowest BCUT2D eigenvalue weighted by Crippen LogP contribution is -2.31. The van der Waals surface area contributed by atoms with Crippen molar-refractivity contribution in [2.75, 3.05) is 6.54 Å². The molecule has 0 bridgehead atoms. The van der Waals surface area contributed by atoms with Crippen LogP contribution in [0, 0.1) is 12.3 Å². The first-order valence-corrected chi connectivity index (χ1v) is 6.56. The molecule has 0 aromatic heterocycles. The van der Waals surface area contributed by atoms with Gasteiger partial charge in [-0.1, -0.05) is 30.3 Å². The largest absolute Gasteiger partial charge is 0.282 e. The van der Waals surface area contributed by atoms with Gasteiger partial charge in [-0.25, -0.2) is 0 Å². The number of benzene rings is 1. The number of rotatable bonds is 5. The summed E-state index contributed by atoms with van der Waals surface area (Å²) in [5.74, 6) is 2.12. The zero-order valence-electron chi connectivity index (χ0n) is 10.8. The zero-order chi connectivity index (χ0) is 13.7. The summed E-state index contributed by atoms with van der Waals surface area (Å²) in [6, 6.07) is 9.49. The summed E-state index contributed by atoms with van der Waals surface area (Å²) in [6.07, 6.45) is 7.79. The molecule has 1 aromatic rings. The Morgan fingerprint density at radius 1 is 1.21 bits per heavy atom. The molecular formula is C16H17NO2. The third-order valence-electron chi connectivity index (χ3n) is 3.40. The van der Waals surface area contributed by atoms with Crippen LogP contribution in [0.1, 0.15) is 37.2 Å². The van der Waals surface area contributed by atoms with Crippen molar-refractivity contribution in [3.05, 3.63) is 35.9 Å². The topological polar surface area (TPSA) is 37.4 Å². The molecule has 1 atom stereocenters. The normalized spacial score (nSPS) is 18.7. The monoisotopic (exact) mass is 255 g/mol. The molecule has 2 amide bonds. The van der Waals surface area contributed by atoms with Gasteiger partial charge in [0.15, 0.2) is 0 Å². The van der Waals surface area contributed by atoms with Gasteiger partial charge in [-0.05, 0) is 18.4 Å². The van der Waals surface area contributed by atoms with Gasteiger partial charge >= 0.3 is 0 Å². The van der Waals surface area contributed by atoms with Crippen LogP contribution in [0.25, 0.3) is 0 Å². The molecule has 3 heteroatoms. The lowest BCUT2D eigenvalue weighted by molar-refractivity contribution is -0.138. The van der Waals surface area contributed by atoms with Crippen LogP contribution in [0.4, 0.5) is 0 Å². The van der Waals surface area contributed by atoms with E-state index in [2.05, 4.69) is 5.92 Å². The molecule has 1 aliphatic heterocycles. The smallest absolute Gasteiger partial charge is 0.237 e. The number of terminal acetylenes is 1. The summed E-state index contributed by atoms with van der Waals surface area (Å²) in [4.78, 5) is 25.5. The van der Waals surface area contributed by atoms with Gasteiger partial charge < -0.3 is 0 Å². The Bertz CT molecular complexity index is 501. The summed E-state index contributed by atoms with van der Waals surface area (Å²) in [7, 11) is 0. The predicted octanol–water partition coefficient (Wildman–Crippen LogP) is 2.33. The van der Waals surface area contributed by atoms with Crippen molar-refractivity contribution in [3.8, 4) is 12.3 Å². The first-order valence-electron chi connectivity index (χ1n) is 6.56. The Labute approximate surface area is 113 Å². The molecule has 1 aliphatic rings. The molecule has 3 nitrogen and oxygen atoms in total. The Morgan fingerprint density at radius 2 is 1.95 bits per heavy atom. The van der Waals surface area contributed by atoms with Crippen LogP contribution in [-0.4, -0.2) is 23.3 Å². The van der Waals surface area contributed by atoms with Crippen LogP contribution in [0.2, 0.25) is 0 Å². The first-order chi connectivity index (χ1) is 9.24. The third-order valence-corrected chi connectivity index (χ3v) is 3.40. The van der Waals surface area contributed by atoms with Gasteiger partial charge in [-0.3, -0.25) is 14.5 Å². The van der Waals surface area contributed by atoms with Crippen molar-refractivity contribution in [2.45, 2.75) is 31.6 Å². The molecule has 98 valence electrons. The van der Waals surface area contributed by atoms with Crippen LogP contribution >= 0.6 is 0 Å². The molecule has 19 heavy (non-hydrogen) atoms. The number of carbonyl (C=O) groups excluding carboxylic acids is 2. The molecule has 1 unspecified atom stereocenters. The van der Waals surface area contributed by atoms with Crippen molar-refractivity contribution < 1.29 is 9.59 Å². The van der Waals surface area contributed by atoms with Crippen LogP contribution in [0.3, 0.4) is 0 Å². The highest BCUT2D eigenvalue weighted by atomic mass is 16.2. The molecule has 0 N–H and O–H groups in total. The minimum Gasteiger partial charge on any atom is -0.282 e. The van der Waals surface area contributed by atoms with Gasteiger partial charge in [-0.2, -0.15) is 0 Å². The van der Waals surface area contributed by atoms with Crippen LogP contribution in [0.5, 0.6) is 0 Å². The highest BCUT2D eigenvalue weighted by Crippen LogP contribution is 2.29. The van der Waals surface area contributed by atoms with E-state index in [9.17, 15) is 9.59 Å². The maximum Gasteiger partial charge on any atom is 0.237 e. The van der Waals surface area contributed by atoms with Crippen molar-refractivity contribution in [3.63, 3.8) is 0 Å². The number of amides is 2. The van der Waals surface area contributed by atoms with Gasteiger partial charge in [0, 0.05) is 19.4 Å². The molecule has 0 saturated carbocycles. The van der Waals surface area contributed by atoms with Gasteiger partial charge in [0.2, 0.25) is 11.8 Å². The van der Waals surface area contributed by atoms with Gasteiger partial charge in [0.1, 0.15) is 0 Å². The Morgan fingerprint density at radius 3 is 2.63 bits per heavy atom. The summed E-state index contributed by atoms with van der Waals surface area (Å²) >= 11 is 0. The Kier molecular flexibility index (Phi) is 4.35. The number of unbranched alkanes of at least 4 members (excludes halogenated alkanes) is 2. The van der Waals surface area contributed by atoms with Crippen molar-refractivity contribution >= 4 is 11.8 Å². The molecule has 1 fully saturated rings. The molecule has 1 heterocycles. The molecule has 1 saturated heterocycles. The molecule has 2 rings (SSSR count). The Balaban J connectivity index is 1.99. The van der Waals surface area contributed by atoms with Crippen molar-refractivity contribution in [1.82, 2.24) is 4.90 Å². The number of imide groups is 1. The quantitative estimate of drug-likeness (QED) is 0.460. The SMILES string of the molecule is C#CCCCCN1C(=O)CC(c2ccccc2)C1=O. The van der Waals surface area contributed by atoms with E-state index in [1.165, 1.54) is 4.90 Å². The lowest BCUT2D eigenvalue weighted by Gasteiger charge is -2.14. The fourth-order valence-electron chi connectivity index (χ4n) is 2.36. The van der Waals surface area contributed by atoms with E-state index in [0.717, 1.165) is 18.4 Å². The second-order valence-corrected chi connectivity index (χ2v) is 4.71. The number of hydrogen-bond acceptors (Lipinski definition) is 2. The average Bonchev–Trinajstić information content (AvgIpc) is 2.72. The van der Waals surface area contributed by atoms with Gasteiger partial charge in [-0.15, -0.1) is 12.3 Å². The highest BCUT2D eigenvalue weighted by Gasteiger charge is 2.38. The second-order valence-electron chi connectivity index (χ2n) is 4.71. The third kappa shape index (κ3) is 3.03. The summed E-state index contributed by atoms with van der Waals surface area (Å²) in [6.45, 7) is 0.489. The van der Waals surface area contributed by atoms with E-state index in [1.807, 2.05) is 30.3 Å². The number of likely N-dealkylation sites (tertiary alicyclic amines) is 1. The number of carbonyl (C=O) groups is 2. The molecule has 0 radical (unpaired) electrons. The Hall–Kier alpha value is -2.08. The van der Waals surface area contributed by atoms with E-state index in [1.54, 1.807) is 0 Å². The second kappa shape index (κ2) is 6.19. The average molecular weight is 255 g/mol. The van der Waals surface area contributed by atoms with Crippen LogP contribution < -0.4 is 0 Å². The molecule has 0 aliphatic carbocycles. The number of hydrogen-bond donors (Lipinski definition) is 0. The lowest BCUT2D eigenvalue weighted by atomic mass is 9.98. The number of nitrogens with zero attached hydrogens (tertiary/aromatic N) is 1. The molecular weight excluding hydrogens is 238 g/mol. The first kappa shape index (κ1) is 13.4. The standard InChI is InChI=1S/C16H17NO2/c1-2-3-4-8-11-17-15(18)12-14(16(17)19)13-9-6-5-7-10-13/h1,5-7,9-10,14H,3-4,8,11-12H2. The maximum absolute atomic E-state index is 12.2. The van der Waals surface area contributed by atoms with Gasteiger partial charge in [0.25, 0.3) is 0 Å². The fraction of sp³-hybridized carbons (Fsp3) is 0.375. The maximum atomic E-state index is 12.2. The molecule has 1 aromatic carbocycles. The summed E-state index contributed by atoms with van der Waals surface area (Å²) in [5, 5.41) is 0. The zero-order valence-corrected chi connectivity index (χ0v) is 10.8. The summed E-state index contributed by atoms with van der Waals surface area (Å²) < 4.78 is 0. The van der Waals surface area contributed by atoms with Crippen LogP contribution in [-0.2, 0) is 9.59 Å². The van der Waals surface area contributed by atoms with Crippen molar-refractivity contribution in [2.24, 2.45) is 0 Å².